The van der Waals surface area contributed by atoms with E-state index in [0.29, 0.717) is 13.1 Å². The van der Waals surface area contributed by atoms with E-state index in [1.54, 1.807) is 4.90 Å². The minimum Gasteiger partial charge on any atom is -0.481 e. The number of hydrogen-bond donors (Lipinski definition) is 3. The van der Waals surface area contributed by atoms with Gasteiger partial charge in [0.1, 0.15) is 0 Å². The van der Waals surface area contributed by atoms with Crippen LogP contribution in [0.5, 0.6) is 0 Å². The van der Waals surface area contributed by atoms with Gasteiger partial charge in [0.15, 0.2) is 0 Å². The van der Waals surface area contributed by atoms with Crippen LogP contribution in [0, 0.1) is 5.92 Å². The zero-order chi connectivity index (χ0) is 14.8. The molecule has 2 aliphatic heterocycles. The van der Waals surface area contributed by atoms with Gasteiger partial charge in [-0.05, 0) is 12.0 Å². The van der Waals surface area contributed by atoms with Gasteiger partial charge in [0.2, 0.25) is 5.91 Å². The highest BCUT2D eigenvalue weighted by Crippen LogP contribution is 2.24. The number of nitrogens with one attached hydrogen (secondary N) is 2. The molecular weight excluding hydrogens is 270 g/mol. The molecule has 112 valence electrons. The Morgan fingerprint density at radius 1 is 1.29 bits per heavy atom. The van der Waals surface area contributed by atoms with Crippen LogP contribution in [-0.2, 0) is 9.59 Å². The van der Waals surface area contributed by atoms with Gasteiger partial charge < -0.3 is 10.0 Å². The first kappa shape index (κ1) is 14.0. The number of likely N-dealkylation sites (tertiary alicyclic amines) is 1. The van der Waals surface area contributed by atoms with Crippen LogP contribution in [0.2, 0.25) is 0 Å². The van der Waals surface area contributed by atoms with Gasteiger partial charge in [0, 0.05) is 31.6 Å². The van der Waals surface area contributed by atoms with Crippen molar-refractivity contribution in [3.63, 3.8) is 0 Å². The Morgan fingerprint density at radius 2 is 2.05 bits per heavy atom. The van der Waals surface area contributed by atoms with E-state index in [1.807, 2.05) is 18.2 Å². The molecule has 0 bridgehead atoms. The highest BCUT2D eigenvalue weighted by Gasteiger charge is 2.36. The molecule has 3 atom stereocenters. The fourth-order valence-corrected chi connectivity index (χ4v) is 3.03. The molecule has 0 spiro atoms. The van der Waals surface area contributed by atoms with Gasteiger partial charge in [-0.15, -0.1) is 0 Å². The Bertz CT molecular complexity index is 534. The molecular formula is C15H19N3O3. The standard InChI is InChI=1S/C15H19N3O3/c19-14-6-11(15(20)21)8-18(14)9-12-7-13(17-16-12)10-4-2-1-3-5-10/h1-5,11-13,16-17H,6-9H2,(H,20,21). The minimum atomic E-state index is -0.884. The predicted octanol–water partition coefficient (Wildman–Crippen LogP) is 0.527. The molecule has 3 unspecified atom stereocenters. The number of carboxylic acids is 1. The second-order valence-electron chi connectivity index (χ2n) is 5.72. The normalized spacial score (nSPS) is 29.0. The first-order valence-electron chi connectivity index (χ1n) is 7.20. The maximum absolute atomic E-state index is 11.8. The zero-order valence-electron chi connectivity index (χ0n) is 11.7. The Labute approximate surface area is 123 Å². The zero-order valence-corrected chi connectivity index (χ0v) is 11.7. The maximum atomic E-state index is 11.8. The maximum Gasteiger partial charge on any atom is 0.308 e. The molecule has 1 amide bonds. The first-order valence-corrected chi connectivity index (χ1v) is 7.20. The van der Waals surface area contributed by atoms with E-state index in [1.165, 1.54) is 5.56 Å². The molecule has 3 rings (SSSR count). The van der Waals surface area contributed by atoms with Gasteiger partial charge in [0.05, 0.1) is 5.92 Å². The van der Waals surface area contributed by atoms with E-state index < -0.39 is 11.9 Å². The van der Waals surface area contributed by atoms with Crippen molar-refractivity contribution in [2.75, 3.05) is 13.1 Å². The van der Waals surface area contributed by atoms with Gasteiger partial charge in [-0.25, -0.2) is 5.43 Å². The summed E-state index contributed by atoms with van der Waals surface area (Å²) in [6.07, 6.45) is 1.00. The van der Waals surface area contributed by atoms with Gasteiger partial charge in [-0.1, -0.05) is 30.3 Å². The largest absolute Gasteiger partial charge is 0.481 e. The molecule has 21 heavy (non-hydrogen) atoms. The second-order valence-corrected chi connectivity index (χ2v) is 5.72. The lowest BCUT2D eigenvalue weighted by atomic mass is 10.0. The molecule has 0 aliphatic carbocycles. The molecule has 6 heteroatoms. The van der Waals surface area contributed by atoms with Crippen LogP contribution < -0.4 is 10.9 Å². The number of carbonyl (C=O) groups excluding carboxylic acids is 1. The van der Waals surface area contributed by atoms with E-state index >= 15 is 0 Å². The molecule has 3 N–H and O–H groups in total. The van der Waals surface area contributed by atoms with Crippen LogP contribution in [0.25, 0.3) is 0 Å². The smallest absolute Gasteiger partial charge is 0.308 e. The van der Waals surface area contributed by atoms with E-state index in [0.717, 1.165) is 6.42 Å². The van der Waals surface area contributed by atoms with Crippen LogP contribution in [0.15, 0.2) is 30.3 Å². The summed E-state index contributed by atoms with van der Waals surface area (Å²) >= 11 is 0. The number of benzene rings is 1. The van der Waals surface area contributed by atoms with Gasteiger partial charge >= 0.3 is 5.97 Å². The number of rotatable bonds is 4. The highest BCUT2D eigenvalue weighted by atomic mass is 16.4. The summed E-state index contributed by atoms with van der Waals surface area (Å²) in [5.41, 5.74) is 7.66. The third-order valence-electron chi connectivity index (χ3n) is 4.19. The molecule has 0 radical (unpaired) electrons. The molecule has 2 fully saturated rings. The van der Waals surface area contributed by atoms with Crippen molar-refractivity contribution in [3.8, 4) is 0 Å². The lowest BCUT2D eigenvalue weighted by molar-refractivity contribution is -0.141. The van der Waals surface area contributed by atoms with Crippen LogP contribution in [0.1, 0.15) is 24.4 Å². The number of aliphatic carboxylic acids is 1. The van der Waals surface area contributed by atoms with Crippen molar-refractivity contribution in [1.82, 2.24) is 15.8 Å². The summed E-state index contributed by atoms with van der Waals surface area (Å²) in [6, 6.07) is 10.5. The number of amides is 1. The molecule has 6 nitrogen and oxygen atoms in total. The van der Waals surface area contributed by atoms with Gasteiger partial charge in [-0.3, -0.25) is 15.0 Å². The van der Waals surface area contributed by atoms with Crippen molar-refractivity contribution in [3.05, 3.63) is 35.9 Å². The molecule has 0 aromatic heterocycles. The van der Waals surface area contributed by atoms with Crippen molar-refractivity contribution < 1.29 is 14.7 Å². The molecule has 2 aliphatic rings. The summed E-state index contributed by atoms with van der Waals surface area (Å²) in [6.45, 7) is 0.876. The first-order chi connectivity index (χ1) is 10.1. The SMILES string of the molecule is O=C(O)C1CC(=O)N(CC2CC(c3ccccc3)NN2)C1. The number of carboxylic acid groups (broad SMARTS) is 1. The monoisotopic (exact) mass is 289 g/mol. The Balaban J connectivity index is 1.56. The van der Waals surface area contributed by atoms with Crippen molar-refractivity contribution in [2.24, 2.45) is 5.92 Å². The summed E-state index contributed by atoms with van der Waals surface area (Å²) in [7, 11) is 0. The number of nitrogens with zero attached hydrogens (tertiary/aromatic N) is 1. The number of hydrazine groups is 1. The predicted molar refractivity (Wildman–Crippen MR) is 76.2 cm³/mol. The molecule has 1 aromatic rings. The lowest BCUT2D eigenvalue weighted by Crippen LogP contribution is -2.41. The highest BCUT2D eigenvalue weighted by molar-refractivity contribution is 5.86. The third kappa shape index (κ3) is 3.06. The van der Waals surface area contributed by atoms with Gasteiger partial charge in [-0.2, -0.15) is 0 Å². The van der Waals surface area contributed by atoms with Gasteiger partial charge in [0.25, 0.3) is 0 Å². The summed E-state index contributed by atoms with van der Waals surface area (Å²) < 4.78 is 0. The Kier molecular flexibility index (Phi) is 3.90. The Hall–Kier alpha value is -1.92. The van der Waals surface area contributed by atoms with Crippen molar-refractivity contribution >= 4 is 11.9 Å². The summed E-state index contributed by atoms with van der Waals surface area (Å²) in [5.74, 6) is -1.50. The topological polar surface area (TPSA) is 81.7 Å². The molecule has 1 aromatic carbocycles. The van der Waals surface area contributed by atoms with E-state index in [9.17, 15) is 9.59 Å². The van der Waals surface area contributed by atoms with E-state index in [-0.39, 0.29) is 24.4 Å². The molecule has 2 saturated heterocycles. The fourth-order valence-electron chi connectivity index (χ4n) is 3.03. The fraction of sp³-hybridized carbons (Fsp3) is 0.467. The van der Waals surface area contributed by atoms with Crippen LogP contribution in [0.4, 0.5) is 0 Å². The number of hydrogen-bond acceptors (Lipinski definition) is 4. The van der Waals surface area contributed by atoms with Crippen LogP contribution in [-0.4, -0.2) is 41.0 Å². The van der Waals surface area contributed by atoms with E-state index in [4.69, 9.17) is 5.11 Å². The second kappa shape index (κ2) is 5.83. The van der Waals surface area contributed by atoms with Crippen LogP contribution in [0.3, 0.4) is 0 Å². The Morgan fingerprint density at radius 3 is 2.71 bits per heavy atom. The summed E-state index contributed by atoms with van der Waals surface area (Å²) in [4.78, 5) is 24.5. The molecule has 2 heterocycles. The van der Waals surface area contributed by atoms with Crippen molar-refractivity contribution in [2.45, 2.75) is 24.9 Å². The average molecular weight is 289 g/mol. The molecule has 0 saturated carbocycles. The van der Waals surface area contributed by atoms with Crippen LogP contribution >= 0.6 is 0 Å². The third-order valence-corrected chi connectivity index (χ3v) is 4.19. The average Bonchev–Trinajstić information content (AvgIpc) is 3.08. The summed E-state index contributed by atoms with van der Waals surface area (Å²) in [5, 5.41) is 8.99. The minimum absolute atomic E-state index is 0.0626. The van der Waals surface area contributed by atoms with Crippen molar-refractivity contribution in [1.29, 1.82) is 0 Å². The lowest BCUT2D eigenvalue weighted by Gasteiger charge is -2.20. The quantitative estimate of drug-likeness (QED) is 0.753. The number of carbonyl (C=O) groups is 2. The van der Waals surface area contributed by atoms with E-state index in [2.05, 4.69) is 23.0 Å².